The number of nitro benzene ring substituents is 1. The minimum atomic E-state index is -0.759. The van der Waals surface area contributed by atoms with Gasteiger partial charge in [-0.15, -0.1) is 0 Å². The van der Waals surface area contributed by atoms with Gasteiger partial charge in [0.1, 0.15) is 30.1 Å². The first-order chi connectivity index (χ1) is 16.9. The van der Waals surface area contributed by atoms with Crippen LogP contribution in [-0.2, 0) is 0 Å². The molecule has 184 valence electrons. The number of rotatable bonds is 9. The number of aliphatic hydroxyl groups excluding tert-OH is 1. The van der Waals surface area contributed by atoms with Gasteiger partial charge in [-0.05, 0) is 41.5 Å². The van der Waals surface area contributed by atoms with E-state index < -0.39 is 11.0 Å². The number of piperazine rings is 1. The highest BCUT2D eigenvalue weighted by molar-refractivity contribution is 5.38. The zero-order valence-corrected chi connectivity index (χ0v) is 19.1. The summed E-state index contributed by atoms with van der Waals surface area (Å²) in [5.74, 6) is -0.278. The minimum Gasteiger partial charge on any atom is -0.491 e. The molecule has 9 heteroatoms. The fourth-order valence-electron chi connectivity index (χ4n) is 4.34. The summed E-state index contributed by atoms with van der Waals surface area (Å²) in [6, 6.07) is 18.5. The average Bonchev–Trinajstić information content (AvgIpc) is 2.86. The second-order valence-corrected chi connectivity index (χ2v) is 8.56. The van der Waals surface area contributed by atoms with Gasteiger partial charge >= 0.3 is 0 Å². The van der Waals surface area contributed by atoms with Gasteiger partial charge in [-0.25, -0.2) is 8.78 Å². The largest absolute Gasteiger partial charge is 0.491 e. The first-order valence-electron chi connectivity index (χ1n) is 11.4. The molecule has 1 atom stereocenters. The third-order valence-electron chi connectivity index (χ3n) is 6.08. The molecule has 0 unspecified atom stereocenters. The Kier molecular flexibility index (Phi) is 8.02. The second kappa shape index (κ2) is 11.4. The van der Waals surface area contributed by atoms with E-state index in [4.69, 9.17) is 4.74 Å². The molecule has 1 saturated heterocycles. The molecule has 1 heterocycles. The van der Waals surface area contributed by atoms with Gasteiger partial charge in [0, 0.05) is 38.8 Å². The van der Waals surface area contributed by atoms with Gasteiger partial charge < -0.3 is 9.84 Å². The number of aliphatic hydroxyl groups is 1. The Labute approximate surface area is 202 Å². The molecule has 0 radical (unpaired) electrons. The number of hydrogen-bond acceptors (Lipinski definition) is 6. The van der Waals surface area contributed by atoms with Crippen LogP contribution in [-0.4, -0.2) is 65.3 Å². The van der Waals surface area contributed by atoms with E-state index in [0.717, 1.165) is 11.1 Å². The number of nitro groups is 1. The first-order valence-corrected chi connectivity index (χ1v) is 11.4. The summed E-state index contributed by atoms with van der Waals surface area (Å²) in [6.07, 6.45) is -0.759. The molecule has 3 aromatic rings. The van der Waals surface area contributed by atoms with Crippen LogP contribution in [0.5, 0.6) is 5.75 Å². The Morgan fingerprint density at radius 1 is 0.914 bits per heavy atom. The van der Waals surface area contributed by atoms with Gasteiger partial charge in [-0.1, -0.05) is 30.3 Å². The molecule has 0 spiro atoms. The van der Waals surface area contributed by atoms with Crippen molar-refractivity contribution >= 4 is 5.69 Å². The van der Waals surface area contributed by atoms with Crippen LogP contribution in [0.4, 0.5) is 14.5 Å². The van der Waals surface area contributed by atoms with E-state index in [9.17, 15) is 24.0 Å². The molecule has 1 fully saturated rings. The molecule has 1 N–H and O–H groups in total. The lowest BCUT2D eigenvalue weighted by molar-refractivity contribution is -0.384. The molecule has 0 bridgehead atoms. The van der Waals surface area contributed by atoms with E-state index in [2.05, 4.69) is 9.80 Å². The summed E-state index contributed by atoms with van der Waals surface area (Å²) in [5, 5.41) is 21.3. The number of ether oxygens (including phenoxy) is 1. The van der Waals surface area contributed by atoms with Crippen LogP contribution < -0.4 is 4.74 Å². The van der Waals surface area contributed by atoms with Gasteiger partial charge in [-0.2, -0.15) is 0 Å². The van der Waals surface area contributed by atoms with Crippen LogP contribution in [0.3, 0.4) is 0 Å². The molecule has 0 aromatic heterocycles. The lowest BCUT2D eigenvalue weighted by Gasteiger charge is -2.40. The number of halogens is 2. The lowest BCUT2D eigenvalue weighted by Crippen LogP contribution is -2.50. The van der Waals surface area contributed by atoms with Gasteiger partial charge in [0.25, 0.3) is 5.69 Å². The van der Waals surface area contributed by atoms with Crippen molar-refractivity contribution in [2.75, 3.05) is 39.3 Å². The van der Waals surface area contributed by atoms with Crippen molar-refractivity contribution in [3.63, 3.8) is 0 Å². The predicted octanol–water partition coefficient (Wildman–Crippen LogP) is 4.02. The highest BCUT2D eigenvalue weighted by Crippen LogP contribution is 2.30. The second-order valence-electron chi connectivity index (χ2n) is 8.56. The van der Waals surface area contributed by atoms with E-state index in [1.165, 1.54) is 42.5 Å². The summed E-state index contributed by atoms with van der Waals surface area (Å²) in [6.45, 7) is 3.24. The highest BCUT2D eigenvalue weighted by atomic mass is 19.1. The smallest absolute Gasteiger partial charge is 0.273 e. The molecule has 1 aliphatic rings. The molecule has 7 nitrogen and oxygen atoms in total. The van der Waals surface area contributed by atoms with Crippen molar-refractivity contribution in [2.24, 2.45) is 0 Å². The molecule has 4 rings (SSSR count). The van der Waals surface area contributed by atoms with Crippen molar-refractivity contribution in [3.8, 4) is 5.75 Å². The summed E-state index contributed by atoms with van der Waals surface area (Å²) >= 11 is 0. The fourth-order valence-corrected chi connectivity index (χ4v) is 4.34. The van der Waals surface area contributed by atoms with E-state index in [0.29, 0.717) is 38.5 Å². The van der Waals surface area contributed by atoms with Gasteiger partial charge in [-0.3, -0.25) is 19.9 Å². The van der Waals surface area contributed by atoms with Crippen LogP contribution in [0.25, 0.3) is 0 Å². The van der Waals surface area contributed by atoms with Crippen molar-refractivity contribution in [1.82, 2.24) is 9.80 Å². The molecule has 0 saturated carbocycles. The minimum absolute atomic E-state index is 0.0230. The summed E-state index contributed by atoms with van der Waals surface area (Å²) in [7, 11) is 0. The van der Waals surface area contributed by atoms with E-state index in [1.54, 1.807) is 30.3 Å². The van der Waals surface area contributed by atoms with Crippen LogP contribution in [0.15, 0.2) is 72.8 Å². The molecule has 1 aliphatic heterocycles. The highest BCUT2D eigenvalue weighted by Gasteiger charge is 2.27. The van der Waals surface area contributed by atoms with E-state index >= 15 is 0 Å². The maximum Gasteiger partial charge on any atom is 0.273 e. The van der Waals surface area contributed by atoms with Crippen molar-refractivity contribution in [1.29, 1.82) is 0 Å². The maximum atomic E-state index is 13.5. The molecule has 0 amide bonds. The monoisotopic (exact) mass is 483 g/mol. The normalized spacial score (nSPS) is 15.8. The van der Waals surface area contributed by atoms with Crippen molar-refractivity contribution in [3.05, 3.63) is 106 Å². The Morgan fingerprint density at radius 3 is 2.03 bits per heavy atom. The molecule has 0 aliphatic carbocycles. The van der Waals surface area contributed by atoms with Crippen LogP contribution >= 0.6 is 0 Å². The first kappa shape index (κ1) is 24.7. The van der Waals surface area contributed by atoms with Crippen molar-refractivity contribution < 1.29 is 23.5 Å². The van der Waals surface area contributed by atoms with Crippen LogP contribution in [0.1, 0.15) is 17.2 Å². The number of hydrogen-bond donors (Lipinski definition) is 1. The number of non-ortho nitro benzene ring substituents is 1. The predicted molar refractivity (Wildman–Crippen MR) is 127 cm³/mol. The summed E-state index contributed by atoms with van der Waals surface area (Å²) < 4.78 is 32.6. The van der Waals surface area contributed by atoms with E-state index in [-0.39, 0.29) is 30.0 Å². The lowest BCUT2D eigenvalue weighted by atomic mass is 9.96. The number of benzene rings is 3. The standard InChI is InChI=1S/C26H27F2N3O4/c27-21-8-4-19(5-9-21)26(20-6-10-22(28)11-7-20)30-14-12-29(13-15-30)17-24(32)18-35-25-3-1-2-23(16-25)31(33)34/h1-11,16,24,26,32H,12-15,17-18H2/t24-/m1/s1. The zero-order valence-electron chi connectivity index (χ0n) is 19.1. The Hall–Kier alpha value is -3.40. The number of β-amino-alcohol motifs (C(OH)–C–C–N with tert-alkyl or cyclic N) is 1. The van der Waals surface area contributed by atoms with Crippen LogP contribution in [0, 0.1) is 21.7 Å². The Balaban J connectivity index is 1.34. The average molecular weight is 484 g/mol. The fraction of sp³-hybridized carbons (Fsp3) is 0.308. The van der Waals surface area contributed by atoms with Gasteiger partial charge in [0.2, 0.25) is 0 Å². The molecule has 35 heavy (non-hydrogen) atoms. The third-order valence-corrected chi connectivity index (χ3v) is 6.08. The maximum absolute atomic E-state index is 13.5. The SMILES string of the molecule is O=[N+]([O-])c1cccc(OC[C@H](O)CN2CCN(C(c3ccc(F)cc3)c3ccc(F)cc3)CC2)c1. The topological polar surface area (TPSA) is 79.1 Å². The molecular weight excluding hydrogens is 456 g/mol. The number of nitrogens with zero attached hydrogens (tertiary/aromatic N) is 3. The van der Waals surface area contributed by atoms with Crippen molar-refractivity contribution in [2.45, 2.75) is 12.1 Å². The Bertz CT molecular complexity index is 1070. The molecule has 3 aromatic carbocycles. The third kappa shape index (κ3) is 6.60. The van der Waals surface area contributed by atoms with Crippen LogP contribution in [0.2, 0.25) is 0 Å². The summed E-state index contributed by atoms with van der Waals surface area (Å²) in [5.41, 5.74) is 1.79. The van der Waals surface area contributed by atoms with E-state index in [1.807, 2.05) is 0 Å². The van der Waals surface area contributed by atoms with Gasteiger partial charge in [0.15, 0.2) is 0 Å². The molecular formula is C26H27F2N3O4. The quantitative estimate of drug-likeness (QED) is 0.366. The summed E-state index contributed by atoms with van der Waals surface area (Å²) in [4.78, 5) is 14.8. The Morgan fingerprint density at radius 2 is 1.49 bits per heavy atom. The zero-order chi connectivity index (χ0) is 24.8. The van der Waals surface area contributed by atoms with Gasteiger partial charge in [0.05, 0.1) is 17.0 Å².